The highest BCUT2D eigenvalue weighted by molar-refractivity contribution is 5.92. The van der Waals surface area contributed by atoms with E-state index in [4.69, 9.17) is 19.2 Å². The SMILES string of the molecule is CC(C)Oc1ccccc1-c1ncc2c(N3C[C@H]4CC[C@@H](C3)N4C(=O)OC(C)(C)C)nc(OCC34CCCN3CC(F)C4)nc2c1F. The maximum absolute atomic E-state index is 16.7. The van der Waals surface area contributed by atoms with Gasteiger partial charge in [-0.3, -0.25) is 14.8 Å². The van der Waals surface area contributed by atoms with Crippen LogP contribution in [0.1, 0.15) is 66.7 Å². The molecule has 0 saturated carbocycles. The van der Waals surface area contributed by atoms with Gasteiger partial charge >= 0.3 is 12.1 Å². The highest BCUT2D eigenvalue weighted by Crippen LogP contribution is 2.42. The van der Waals surface area contributed by atoms with Gasteiger partial charge < -0.3 is 19.1 Å². The minimum Gasteiger partial charge on any atom is -0.490 e. The van der Waals surface area contributed by atoms with Crippen molar-refractivity contribution in [3.05, 3.63) is 36.3 Å². The van der Waals surface area contributed by atoms with Crippen LogP contribution in [0.2, 0.25) is 0 Å². The van der Waals surface area contributed by atoms with Crippen molar-refractivity contribution in [3.8, 4) is 23.0 Å². The van der Waals surface area contributed by atoms with Crippen LogP contribution >= 0.6 is 0 Å². The number of amides is 1. The van der Waals surface area contributed by atoms with Crippen LogP contribution in [0.3, 0.4) is 0 Å². The van der Waals surface area contributed by atoms with Crippen molar-refractivity contribution in [3.63, 3.8) is 0 Å². The minimum atomic E-state index is -0.900. The van der Waals surface area contributed by atoms with Gasteiger partial charge in [0, 0.05) is 37.8 Å². The number of para-hydroxylation sites is 1. The predicted octanol–water partition coefficient (Wildman–Crippen LogP) is 6.16. The molecule has 0 aliphatic carbocycles. The van der Waals surface area contributed by atoms with Gasteiger partial charge in [0.1, 0.15) is 41.2 Å². The van der Waals surface area contributed by atoms with E-state index in [1.807, 2.05) is 51.7 Å². The first-order chi connectivity index (χ1) is 22.4. The molecule has 2 bridgehead atoms. The Balaban J connectivity index is 1.27. The molecule has 4 fully saturated rings. The van der Waals surface area contributed by atoms with Crippen LogP contribution in [0.25, 0.3) is 22.2 Å². The Bertz CT molecular complexity index is 1650. The first-order valence-electron chi connectivity index (χ1n) is 16.8. The lowest BCUT2D eigenvalue weighted by atomic mass is 9.95. The van der Waals surface area contributed by atoms with Gasteiger partial charge in [-0.2, -0.15) is 9.97 Å². The van der Waals surface area contributed by atoms with Crippen molar-refractivity contribution in [1.82, 2.24) is 24.8 Å². The number of anilines is 1. The fraction of sp³-hybridized carbons (Fsp3) is 0.600. The Hall–Kier alpha value is -3.80. The number of alkyl halides is 1. The molecule has 3 aromatic rings. The van der Waals surface area contributed by atoms with Gasteiger partial charge in [0.15, 0.2) is 5.82 Å². The lowest BCUT2D eigenvalue weighted by molar-refractivity contribution is 0.0122. The number of piperazine rings is 1. The quantitative estimate of drug-likeness (QED) is 0.298. The molecule has 7 rings (SSSR count). The number of hydrogen-bond donors (Lipinski definition) is 0. The molecule has 4 atom stereocenters. The molecule has 0 radical (unpaired) electrons. The van der Waals surface area contributed by atoms with E-state index in [-0.39, 0.29) is 48.1 Å². The molecular weight excluding hydrogens is 606 g/mol. The average molecular weight is 651 g/mol. The number of rotatable bonds is 7. The normalized spacial score (nSPS) is 25.9. The number of pyridine rings is 1. The smallest absolute Gasteiger partial charge is 0.410 e. The van der Waals surface area contributed by atoms with E-state index in [9.17, 15) is 9.18 Å². The van der Waals surface area contributed by atoms with Crippen molar-refractivity contribution in [1.29, 1.82) is 0 Å². The summed E-state index contributed by atoms with van der Waals surface area (Å²) in [5.74, 6) is 0.429. The third-order valence-corrected chi connectivity index (χ3v) is 9.77. The van der Waals surface area contributed by atoms with Crippen molar-refractivity contribution in [2.75, 3.05) is 37.7 Å². The maximum Gasteiger partial charge on any atom is 0.410 e. The number of fused-ring (bicyclic) bond motifs is 4. The van der Waals surface area contributed by atoms with Crippen LogP contribution in [0, 0.1) is 5.82 Å². The topological polar surface area (TPSA) is 93.2 Å². The molecule has 10 nitrogen and oxygen atoms in total. The first-order valence-corrected chi connectivity index (χ1v) is 16.8. The highest BCUT2D eigenvalue weighted by atomic mass is 19.1. The van der Waals surface area contributed by atoms with Gasteiger partial charge in [0.25, 0.3) is 0 Å². The van der Waals surface area contributed by atoms with Crippen LogP contribution < -0.4 is 14.4 Å². The molecule has 252 valence electrons. The van der Waals surface area contributed by atoms with E-state index in [0.717, 1.165) is 32.2 Å². The Morgan fingerprint density at radius 2 is 1.85 bits per heavy atom. The van der Waals surface area contributed by atoms with Crippen LogP contribution in [0.4, 0.5) is 19.4 Å². The van der Waals surface area contributed by atoms with Gasteiger partial charge in [-0.05, 0) is 79.0 Å². The zero-order valence-electron chi connectivity index (χ0n) is 27.8. The maximum atomic E-state index is 16.7. The van der Waals surface area contributed by atoms with Crippen molar-refractivity contribution < 1.29 is 27.8 Å². The molecule has 1 amide bonds. The second-order valence-electron chi connectivity index (χ2n) is 14.7. The fourth-order valence-corrected chi connectivity index (χ4v) is 7.87. The van der Waals surface area contributed by atoms with E-state index >= 15 is 4.39 Å². The zero-order valence-corrected chi connectivity index (χ0v) is 27.8. The third-order valence-electron chi connectivity index (χ3n) is 9.77. The van der Waals surface area contributed by atoms with Gasteiger partial charge in [-0.1, -0.05) is 12.1 Å². The number of carbonyl (C=O) groups excluding carboxylic acids is 1. The Labute approximate surface area is 274 Å². The van der Waals surface area contributed by atoms with E-state index in [1.54, 1.807) is 18.3 Å². The summed E-state index contributed by atoms with van der Waals surface area (Å²) in [5.41, 5.74) is -0.279. The summed E-state index contributed by atoms with van der Waals surface area (Å²) in [7, 11) is 0. The average Bonchev–Trinajstić information content (AvgIpc) is 3.62. The minimum absolute atomic E-state index is 0.0423. The molecule has 2 unspecified atom stereocenters. The highest BCUT2D eigenvalue weighted by Gasteiger charge is 2.50. The summed E-state index contributed by atoms with van der Waals surface area (Å²) in [5, 5.41) is 0.455. The lowest BCUT2D eigenvalue weighted by Crippen LogP contribution is -2.57. The molecule has 0 N–H and O–H groups in total. The molecule has 0 spiro atoms. The number of nitrogens with zero attached hydrogens (tertiary/aromatic N) is 6. The molecule has 4 aliphatic rings. The molecule has 2 aromatic heterocycles. The summed E-state index contributed by atoms with van der Waals surface area (Å²) < 4.78 is 49.2. The number of ether oxygens (including phenoxy) is 3. The van der Waals surface area contributed by atoms with Gasteiger partial charge in [-0.25, -0.2) is 13.6 Å². The number of halogens is 2. The Kier molecular flexibility index (Phi) is 8.13. The van der Waals surface area contributed by atoms with Crippen molar-refractivity contribution in [2.24, 2.45) is 0 Å². The van der Waals surface area contributed by atoms with Crippen LogP contribution in [0.15, 0.2) is 30.5 Å². The van der Waals surface area contributed by atoms with E-state index in [1.165, 1.54) is 0 Å². The fourth-order valence-electron chi connectivity index (χ4n) is 7.87. The third kappa shape index (κ3) is 6.05. The standard InChI is InChI=1S/C35H44F2N6O4/c1-21(2)46-27-10-7-6-9-25(27)29-28(37)30-26(16-38-29)31(40-32(39-30)45-20-35-13-8-14-42(35)17-22(36)15-35)41-18-23-11-12-24(19-41)43(23)33(44)47-34(3,4)5/h6-7,9-10,16,21-24H,8,11-15,17-20H2,1-5H3/t22?,23-,24+,35?. The second-order valence-corrected chi connectivity index (χ2v) is 14.7. The van der Waals surface area contributed by atoms with Gasteiger partial charge in [-0.15, -0.1) is 0 Å². The summed E-state index contributed by atoms with van der Waals surface area (Å²) in [4.78, 5) is 33.3. The van der Waals surface area contributed by atoms with E-state index in [2.05, 4.69) is 19.8 Å². The Morgan fingerprint density at radius 3 is 2.57 bits per heavy atom. The molecule has 4 aliphatic heterocycles. The number of aromatic nitrogens is 3. The van der Waals surface area contributed by atoms with Crippen LogP contribution in [-0.2, 0) is 4.74 Å². The van der Waals surface area contributed by atoms with Gasteiger partial charge in [0.2, 0.25) is 0 Å². The first kappa shape index (κ1) is 31.8. The van der Waals surface area contributed by atoms with Gasteiger partial charge in [0.05, 0.1) is 29.1 Å². The summed E-state index contributed by atoms with van der Waals surface area (Å²) in [6, 6.07) is 7.12. The van der Waals surface area contributed by atoms with Crippen molar-refractivity contribution in [2.45, 2.75) is 102 Å². The summed E-state index contributed by atoms with van der Waals surface area (Å²) in [6.07, 6.45) is 4.16. The number of carbonyl (C=O) groups is 1. The summed E-state index contributed by atoms with van der Waals surface area (Å²) >= 11 is 0. The number of hydrogen-bond acceptors (Lipinski definition) is 9. The largest absolute Gasteiger partial charge is 0.490 e. The molecule has 12 heteroatoms. The van der Waals surface area contributed by atoms with E-state index in [0.29, 0.717) is 48.6 Å². The van der Waals surface area contributed by atoms with Crippen LogP contribution in [-0.4, -0.2) is 99.1 Å². The lowest BCUT2D eigenvalue weighted by Gasteiger charge is -2.42. The predicted molar refractivity (Wildman–Crippen MR) is 174 cm³/mol. The molecule has 1 aromatic carbocycles. The molecule has 6 heterocycles. The monoisotopic (exact) mass is 650 g/mol. The molecule has 4 saturated heterocycles. The van der Waals surface area contributed by atoms with Crippen molar-refractivity contribution >= 4 is 22.8 Å². The molecule has 47 heavy (non-hydrogen) atoms. The Morgan fingerprint density at radius 1 is 1.11 bits per heavy atom. The number of benzene rings is 1. The zero-order chi connectivity index (χ0) is 33.1. The van der Waals surface area contributed by atoms with Crippen LogP contribution in [0.5, 0.6) is 11.8 Å². The van der Waals surface area contributed by atoms with E-state index < -0.39 is 23.1 Å². The second kappa shape index (κ2) is 12.0. The summed E-state index contributed by atoms with van der Waals surface area (Å²) in [6.45, 7) is 11.9. The molecular formula is C35H44F2N6O4.